The zero-order valence-corrected chi connectivity index (χ0v) is 29.7. The Balaban J connectivity index is 1.73. The number of fused-ring (bicyclic) bond motifs is 1. The topological polar surface area (TPSA) is 96.3 Å². The number of aryl methyl sites for hydroxylation is 6. The number of carbonyl (C=O) groups is 1. The highest BCUT2D eigenvalue weighted by Gasteiger charge is 2.37. The number of hydrogen-bond donors (Lipinski definition) is 1. The number of halogens is 1. The van der Waals surface area contributed by atoms with Gasteiger partial charge < -0.3 is 18.8 Å². The number of ether oxygens (including phenoxy) is 1. The molecule has 0 aliphatic rings. The highest BCUT2D eigenvalue weighted by molar-refractivity contribution is 6.74. The average Bonchev–Trinajstić information content (AvgIpc) is 3.55. The lowest BCUT2D eigenvalue weighted by atomic mass is 9.99. The second kappa shape index (κ2) is 13.2. The van der Waals surface area contributed by atoms with Crippen molar-refractivity contribution in [3.05, 3.63) is 57.1 Å². The molecule has 0 atom stereocenters. The van der Waals surface area contributed by atoms with Crippen LogP contribution in [0.5, 0.6) is 0 Å². The van der Waals surface area contributed by atoms with Crippen LogP contribution >= 0.6 is 11.6 Å². The third kappa shape index (κ3) is 6.54. The molecule has 0 radical (unpaired) electrons. The van der Waals surface area contributed by atoms with Gasteiger partial charge in [0.15, 0.2) is 8.32 Å². The Labute approximate surface area is 267 Å². The summed E-state index contributed by atoms with van der Waals surface area (Å²) in [6, 6.07) is 5.85. The minimum atomic E-state index is -1.89. The molecule has 0 aliphatic heterocycles. The first kappa shape index (κ1) is 34.0. The number of benzene rings is 1. The van der Waals surface area contributed by atoms with Gasteiger partial charge in [0.25, 0.3) is 0 Å². The fraction of sp³-hybridized carbons (Fsp3) is 0.545. The largest absolute Gasteiger partial charge is 0.464 e. The molecule has 0 saturated carbocycles. The molecular formula is C33H48ClN5O4Si. The maximum absolute atomic E-state index is 13.2. The van der Waals surface area contributed by atoms with Crippen molar-refractivity contribution < 1.29 is 19.1 Å². The van der Waals surface area contributed by atoms with Gasteiger partial charge in [-0.15, -0.1) is 0 Å². The minimum absolute atomic E-state index is 0.0378. The van der Waals surface area contributed by atoms with Crippen LogP contribution < -0.4 is 0 Å². The predicted molar refractivity (Wildman–Crippen MR) is 179 cm³/mol. The average molecular weight is 642 g/mol. The van der Waals surface area contributed by atoms with Crippen molar-refractivity contribution in [2.45, 2.75) is 98.6 Å². The maximum atomic E-state index is 13.2. The number of methoxy groups -OCH3 is 1. The molecule has 4 aromatic rings. The Morgan fingerprint density at radius 2 is 1.77 bits per heavy atom. The monoisotopic (exact) mass is 641 g/mol. The maximum Gasteiger partial charge on any atom is 0.354 e. The summed E-state index contributed by atoms with van der Waals surface area (Å²) in [5, 5.41) is 20.6. The van der Waals surface area contributed by atoms with E-state index in [1.165, 1.54) is 7.11 Å². The van der Waals surface area contributed by atoms with Crippen molar-refractivity contribution in [3.8, 4) is 11.3 Å². The van der Waals surface area contributed by atoms with Crippen molar-refractivity contribution in [2.75, 3.05) is 13.7 Å². The highest BCUT2D eigenvalue weighted by atomic mass is 35.5. The lowest BCUT2D eigenvalue weighted by Crippen LogP contribution is -2.41. The number of aromatic nitrogens is 5. The minimum Gasteiger partial charge on any atom is -0.464 e. The number of nitrogens with zero attached hydrogens (tertiary/aromatic N) is 5. The van der Waals surface area contributed by atoms with Crippen LogP contribution in [0, 0.1) is 20.8 Å². The molecule has 4 rings (SSSR count). The van der Waals surface area contributed by atoms with Gasteiger partial charge in [0, 0.05) is 43.2 Å². The van der Waals surface area contributed by atoms with Crippen LogP contribution in [0.25, 0.3) is 22.2 Å². The van der Waals surface area contributed by atoms with Gasteiger partial charge in [-0.3, -0.25) is 9.36 Å². The van der Waals surface area contributed by atoms with E-state index in [1.54, 1.807) is 4.68 Å². The molecule has 0 fully saturated rings. The fourth-order valence-electron chi connectivity index (χ4n) is 5.60. The molecule has 0 unspecified atom stereocenters. The van der Waals surface area contributed by atoms with Crippen LogP contribution in [0.4, 0.5) is 0 Å². The molecule has 1 aromatic carbocycles. The van der Waals surface area contributed by atoms with E-state index in [2.05, 4.69) is 50.5 Å². The Hall–Kier alpha value is -2.92. The van der Waals surface area contributed by atoms with Crippen LogP contribution in [-0.4, -0.2) is 57.2 Å². The van der Waals surface area contributed by atoms with E-state index in [1.807, 2.05) is 43.8 Å². The van der Waals surface area contributed by atoms with E-state index < -0.39 is 8.32 Å². The molecule has 240 valence electrons. The molecule has 11 heteroatoms. The van der Waals surface area contributed by atoms with Gasteiger partial charge in [-0.2, -0.15) is 10.2 Å². The van der Waals surface area contributed by atoms with E-state index >= 15 is 0 Å². The molecule has 0 bridgehead atoms. The first-order valence-electron chi connectivity index (χ1n) is 15.3. The number of aliphatic hydroxyl groups excluding tert-OH is 1. The molecule has 0 aliphatic carbocycles. The van der Waals surface area contributed by atoms with E-state index in [0.717, 1.165) is 69.6 Å². The van der Waals surface area contributed by atoms with E-state index in [9.17, 15) is 9.90 Å². The molecule has 3 heterocycles. The van der Waals surface area contributed by atoms with Crippen LogP contribution in [-0.2, 0) is 42.3 Å². The Morgan fingerprint density at radius 3 is 2.39 bits per heavy atom. The van der Waals surface area contributed by atoms with Gasteiger partial charge in [-0.1, -0.05) is 32.4 Å². The summed E-state index contributed by atoms with van der Waals surface area (Å²) >= 11 is 7.01. The van der Waals surface area contributed by atoms with Gasteiger partial charge in [0.2, 0.25) is 0 Å². The van der Waals surface area contributed by atoms with Crippen molar-refractivity contribution in [1.29, 1.82) is 0 Å². The van der Waals surface area contributed by atoms with Gasteiger partial charge in [-0.25, -0.2) is 4.79 Å². The van der Waals surface area contributed by atoms with Crippen molar-refractivity contribution in [1.82, 2.24) is 24.1 Å². The summed E-state index contributed by atoms with van der Waals surface area (Å²) in [5.74, 6) is -0.370. The van der Waals surface area contributed by atoms with E-state index in [4.69, 9.17) is 25.9 Å². The lowest BCUT2D eigenvalue weighted by molar-refractivity contribution is 0.0587. The van der Waals surface area contributed by atoms with Crippen LogP contribution in [0.1, 0.15) is 72.3 Å². The first-order valence-corrected chi connectivity index (χ1v) is 18.6. The predicted octanol–water partition coefficient (Wildman–Crippen LogP) is 7.14. The molecule has 0 amide bonds. The molecular weight excluding hydrogens is 594 g/mol. The van der Waals surface area contributed by atoms with Gasteiger partial charge in [0.05, 0.1) is 41.5 Å². The zero-order valence-electron chi connectivity index (χ0n) is 28.0. The summed E-state index contributed by atoms with van der Waals surface area (Å²) in [6.45, 7) is 19.1. The first-order chi connectivity index (χ1) is 20.6. The fourth-order valence-corrected chi connectivity index (χ4v) is 6.94. The van der Waals surface area contributed by atoms with Crippen LogP contribution in [0.3, 0.4) is 0 Å². The van der Waals surface area contributed by atoms with Crippen LogP contribution in [0.2, 0.25) is 23.2 Å². The van der Waals surface area contributed by atoms with Crippen LogP contribution in [0.15, 0.2) is 18.2 Å². The van der Waals surface area contributed by atoms with Gasteiger partial charge >= 0.3 is 5.97 Å². The number of rotatable bonds is 12. The Bertz CT molecular complexity index is 1660. The number of aliphatic hydroxyl groups is 1. The number of hydrogen-bond acceptors (Lipinski definition) is 6. The third-order valence-electron chi connectivity index (χ3n) is 9.25. The highest BCUT2D eigenvalue weighted by Crippen LogP contribution is 2.42. The van der Waals surface area contributed by atoms with Crippen molar-refractivity contribution >= 4 is 36.8 Å². The summed E-state index contributed by atoms with van der Waals surface area (Å²) in [4.78, 5) is 13.2. The molecule has 3 aromatic heterocycles. The number of carbonyl (C=O) groups excluding carboxylic acids is 1. The lowest BCUT2D eigenvalue weighted by Gasteiger charge is -2.36. The molecule has 0 saturated heterocycles. The molecule has 1 N–H and O–H groups in total. The standard InChI is InChI=1S/C33H48ClN5O4Si/c1-21-23(3)35-39(17-11-13-24-19-25(20-40)37(7)36-24)30(21)29-26(34)14-15-27-28(29)22(2)31(32(41)42-8)38(27)16-12-18-43-44(9,10)33(4,5)6/h14-15,19,40H,11-13,16-18,20H2,1-10H3. The third-order valence-corrected chi connectivity index (χ3v) is 14.1. The second-order valence-corrected chi connectivity index (χ2v) is 18.4. The second-order valence-electron chi connectivity index (χ2n) is 13.2. The Kier molecular flexibility index (Phi) is 10.2. The smallest absolute Gasteiger partial charge is 0.354 e. The van der Waals surface area contributed by atoms with E-state index in [-0.39, 0.29) is 17.6 Å². The van der Waals surface area contributed by atoms with Crippen molar-refractivity contribution in [3.63, 3.8) is 0 Å². The summed E-state index contributed by atoms with van der Waals surface area (Å²) in [7, 11) is 1.38. The zero-order chi connectivity index (χ0) is 32.6. The Morgan fingerprint density at radius 1 is 1.07 bits per heavy atom. The SMILES string of the molecule is COC(=O)c1c(C)c2c(-c3c(C)c(C)nn3CCCc3cc(CO)n(C)n3)c(Cl)ccc2n1CCCO[Si](C)(C)C(C)(C)C. The van der Waals surface area contributed by atoms with Gasteiger partial charge in [0.1, 0.15) is 5.69 Å². The molecule has 0 spiro atoms. The summed E-state index contributed by atoms with van der Waals surface area (Å²) < 4.78 is 17.5. The summed E-state index contributed by atoms with van der Waals surface area (Å²) in [5.41, 5.74) is 7.85. The van der Waals surface area contributed by atoms with E-state index in [0.29, 0.717) is 30.4 Å². The van der Waals surface area contributed by atoms with Crippen molar-refractivity contribution in [2.24, 2.45) is 7.05 Å². The molecule has 44 heavy (non-hydrogen) atoms. The van der Waals surface area contributed by atoms with Gasteiger partial charge in [-0.05, 0) is 87.5 Å². The number of esters is 1. The quantitative estimate of drug-likeness (QED) is 0.100. The normalized spacial score (nSPS) is 12.5. The summed E-state index contributed by atoms with van der Waals surface area (Å²) in [6.07, 6.45) is 2.33. The molecule has 9 nitrogen and oxygen atoms in total.